The number of hydrogen-bond acceptors (Lipinski definition) is 2. The number of aromatic nitrogens is 2. The van der Waals surface area contributed by atoms with E-state index in [2.05, 4.69) is 10.4 Å². The molecule has 0 aliphatic carbocycles. The molecular weight excluding hydrogens is 350 g/mol. The first-order chi connectivity index (χ1) is 12.3. The van der Waals surface area contributed by atoms with Crippen molar-refractivity contribution in [3.05, 3.63) is 71.8 Å². The smallest absolute Gasteiger partial charge is 0.321 e. The second-order valence-electron chi connectivity index (χ2n) is 5.50. The van der Waals surface area contributed by atoms with E-state index in [1.165, 1.54) is 6.07 Å². The minimum Gasteiger partial charge on any atom is -0.321 e. The van der Waals surface area contributed by atoms with Crippen LogP contribution in [0.25, 0.3) is 11.1 Å². The van der Waals surface area contributed by atoms with Gasteiger partial charge in [-0.2, -0.15) is 22.7 Å². The summed E-state index contributed by atoms with van der Waals surface area (Å²) in [6.45, 7) is 0. The highest BCUT2D eigenvalue weighted by Gasteiger charge is 2.41. The Morgan fingerprint density at radius 2 is 1.65 bits per heavy atom. The normalized spacial score (nSPS) is 11.4. The molecule has 0 radical (unpaired) electrons. The zero-order chi connectivity index (χ0) is 18.9. The van der Waals surface area contributed by atoms with Gasteiger partial charge in [0.2, 0.25) is 5.95 Å². The number of nitrogens with zero attached hydrogens (tertiary/aromatic N) is 2. The lowest BCUT2D eigenvalue weighted by molar-refractivity contribution is -0.141. The van der Waals surface area contributed by atoms with Gasteiger partial charge in [-0.05, 0) is 11.6 Å². The molecule has 0 saturated carbocycles. The Balaban J connectivity index is 2.01. The molecule has 1 heterocycles. The predicted molar refractivity (Wildman–Crippen MR) is 88.0 cm³/mol. The van der Waals surface area contributed by atoms with Crippen molar-refractivity contribution >= 4 is 11.6 Å². The molecule has 1 amide bonds. The summed E-state index contributed by atoms with van der Waals surface area (Å²) < 4.78 is 53.6. The zero-order valence-electron chi connectivity index (χ0n) is 13.5. The lowest BCUT2D eigenvalue weighted by Gasteiger charge is -2.12. The predicted octanol–water partition coefficient (Wildman–Crippen LogP) is 4.50. The standard InChI is InChI=1S/C18H13F4N3O/c1-25-16(19)14(15(24-25)18(20,21)22)17(26)23-13-10-6-5-9-12(13)11-7-3-2-4-8-11/h2-10H,1H3,(H,23,26). The number of benzene rings is 2. The van der Waals surface area contributed by atoms with Gasteiger partial charge in [-0.3, -0.25) is 4.79 Å². The van der Waals surface area contributed by atoms with E-state index in [9.17, 15) is 22.4 Å². The second-order valence-corrected chi connectivity index (χ2v) is 5.50. The average Bonchev–Trinajstić information content (AvgIpc) is 2.92. The molecule has 0 atom stereocenters. The molecule has 0 bridgehead atoms. The van der Waals surface area contributed by atoms with E-state index in [1.807, 2.05) is 6.07 Å². The minimum atomic E-state index is -4.95. The maximum atomic E-state index is 14.1. The Kier molecular flexibility index (Phi) is 4.50. The van der Waals surface area contributed by atoms with Crippen LogP contribution in [-0.2, 0) is 13.2 Å². The van der Waals surface area contributed by atoms with Crippen LogP contribution >= 0.6 is 0 Å². The molecule has 1 N–H and O–H groups in total. The van der Waals surface area contributed by atoms with E-state index >= 15 is 0 Å². The number of rotatable bonds is 3. The van der Waals surface area contributed by atoms with Crippen LogP contribution < -0.4 is 5.32 Å². The van der Waals surface area contributed by atoms with Gasteiger partial charge in [-0.15, -0.1) is 0 Å². The first-order valence-electron chi connectivity index (χ1n) is 7.54. The van der Waals surface area contributed by atoms with Gasteiger partial charge in [0.25, 0.3) is 5.91 Å². The fourth-order valence-electron chi connectivity index (χ4n) is 2.55. The SMILES string of the molecule is Cn1nc(C(F)(F)F)c(C(=O)Nc2ccccc2-c2ccccc2)c1F. The summed E-state index contributed by atoms with van der Waals surface area (Å²) in [7, 11) is 0.999. The van der Waals surface area contributed by atoms with E-state index in [-0.39, 0.29) is 5.69 Å². The van der Waals surface area contributed by atoms with Gasteiger partial charge in [-0.25, -0.2) is 4.68 Å². The van der Waals surface area contributed by atoms with Gasteiger partial charge in [-0.1, -0.05) is 48.5 Å². The highest BCUT2D eigenvalue weighted by Crippen LogP contribution is 2.33. The molecule has 0 saturated heterocycles. The van der Waals surface area contributed by atoms with E-state index in [4.69, 9.17) is 0 Å². The second kappa shape index (κ2) is 6.62. The molecular formula is C18H13F4N3O. The molecule has 4 nitrogen and oxygen atoms in total. The number of anilines is 1. The summed E-state index contributed by atoms with van der Waals surface area (Å²) in [6, 6.07) is 15.5. The van der Waals surface area contributed by atoms with Crippen molar-refractivity contribution < 1.29 is 22.4 Å². The summed E-state index contributed by atoms with van der Waals surface area (Å²) >= 11 is 0. The van der Waals surface area contributed by atoms with Crippen molar-refractivity contribution in [3.8, 4) is 11.1 Å². The van der Waals surface area contributed by atoms with Crippen LogP contribution in [0.3, 0.4) is 0 Å². The summed E-state index contributed by atoms with van der Waals surface area (Å²) in [5, 5.41) is 5.44. The maximum Gasteiger partial charge on any atom is 0.436 e. The zero-order valence-corrected chi connectivity index (χ0v) is 13.5. The van der Waals surface area contributed by atoms with Crippen molar-refractivity contribution in [1.82, 2.24) is 9.78 Å². The maximum absolute atomic E-state index is 14.1. The van der Waals surface area contributed by atoms with E-state index in [0.717, 1.165) is 12.6 Å². The monoisotopic (exact) mass is 363 g/mol. The van der Waals surface area contributed by atoms with Gasteiger partial charge in [0.15, 0.2) is 5.69 Å². The topological polar surface area (TPSA) is 46.9 Å². The van der Waals surface area contributed by atoms with Gasteiger partial charge in [0.05, 0.1) is 0 Å². The Hall–Kier alpha value is -3.16. The molecule has 3 rings (SSSR count). The van der Waals surface area contributed by atoms with Crippen molar-refractivity contribution in [2.45, 2.75) is 6.18 Å². The first-order valence-corrected chi connectivity index (χ1v) is 7.54. The number of amides is 1. The number of aryl methyl sites for hydroxylation is 1. The number of hydrogen-bond donors (Lipinski definition) is 1. The Morgan fingerprint density at radius 1 is 1.04 bits per heavy atom. The quantitative estimate of drug-likeness (QED) is 0.697. The minimum absolute atomic E-state index is 0.264. The first kappa shape index (κ1) is 17.7. The van der Waals surface area contributed by atoms with Gasteiger partial charge < -0.3 is 5.32 Å². The average molecular weight is 363 g/mol. The molecule has 0 spiro atoms. The molecule has 2 aromatic carbocycles. The number of para-hydroxylation sites is 1. The number of nitrogens with one attached hydrogen (secondary N) is 1. The number of halogens is 4. The Morgan fingerprint density at radius 3 is 2.31 bits per heavy atom. The molecule has 0 fully saturated rings. The van der Waals surface area contributed by atoms with Crippen LogP contribution in [0.4, 0.5) is 23.2 Å². The van der Waals surface area contributed by atoms with Crippen LogP contribution in [-0.4, -0.2) is 15.7 Å². The molecule has 1 aromatic heterocycles. The molecule has 8 heteroatoms. The summed E-state index contributed by atoms with van der Waals surface area (Å²) in [4.78, 5) is 12.4. The summed E-state index contributed by atoms with van der Waals surface area (Å²) in [5.74, 6) is -2.57. The van der Waals surface area contributed by atoms with Crippen LogP contribution in [0.5, 0.6) is 0 Å². The fourth-order valence-corrected chi connectivity index (χ4v) is 2.55. The number of alkyl halides is 3. The largest absolute Gasteiger partial charge is 0.436 e. The van der Waals surface area contributed by atoms with E-state index in [0.29, 0.717) is 10.2 Å². The fraction of sp³-hybridized carbons (Fsp3) is 0.111. The third-order valence-electron chi connectivity index (χ3n) is 3.73. The van der Waals surface area contributed by atoms with Crippen LogP contribution in [0.15, 0.2) is 54.6 Å². The lowest BCUT2D eigenvalue weighted by Crippen LogP contribution is -2.19. The van der Waals surface area contributed by atoms with Crippen molar-refractivity contribution in [2.24, 2.45) is 7.05 Å². The molecule has 26 heavy (non-hydrogen) atoms. The van der Waals surface area contributed by atoms with E-state index < -0.39 is 29.3 Å². The van der Waals surface area contributed by atoms with E-state index in [1.54, 1.807) is 42.5 Å². The lowest BCUT2D eigenvalue weighted by atomic mass is 10.0. The number of carbonyl (C=O) groups is 1. The Labute approximate surface area is 146 Å². The third kappa shape index (κ3) is 3.30. The van der Waals surface area contributed by atoms with Crippen LogP contribution in [0.1, 0.15) is 16.1 Å². The third-order valence-corrected chi connectivity index (χ3v) is 3.73. The summed E-state index contributed by atoms with van der Waals surface area (Å²) in [5.41, 5.74) is -1.08. The summed E-state index contributed by atoms with van der Waals surface area (Å²) in [6.07, 6.45) is -4.95. The highest BCUT2D eigenvalue weighted by atomic mass is 19.4. The molecule has 0 unspecified atom stereocenters. The molecule has 134 valence electrons. The number of carbonyl (C=O) groups excluding carboxylic acids is 1. The van der Waals surface area contributed by atoms with Crippen molar-refractivity contribution in [1.29, 1.82) is 0 Å². The molecule has 0 aliphatic heterocycles. The van der Waals surface area contributed by atoms with Gasteiger partial charge in [0, 0.05) is 18.3 Å². The highest BCUT2D eigenvalue weighted by molar-refractivity contribution is 6.07. The molecule has 0 aliphatic rings. The Bertz CT molecular complexity index is 949. The van der Waals surface area contributed by atoms with Gasteiger partial charge >= 0.3 is 6.18 Å². The van der Waals surface area contributed by atoms with Crippen molar-refractivity contribution in [3.63, 3.8) is 0 Å². The molecule has 3 aromatic rings. The van der Waals surface area contributed by atoms with Crippen molar-refractivity contribution in [2.75, 3.05) is 5.32 Å². The van der Waals surface area contributed by atoms with Gasteiger partial charge in [0.1, 0.15) is 5.56 Å². The van der Waals surface area contributed by atoms with Crippen LogP contribution in [0, 0.1) is 5.95 Å². The van der Waals surface area contributed by atoms with Crippen LogP contribution in [0.2, 0.25) is 0 Å².